The van der Waals surface area contributed by atoms with Crippen LogP contribution < -0.4 is 10.6 Å². The van der Waals surface area contributed by atoms with Gasteiger partial charge in [-0.25, -0.2) is 0 Å². The van der Waals surface area contributed by atoms with E-state index in [1.807, 2.05) is 6.92 Å². The van der Waals surface area contributed by atoms with Crippen molar-refractivity contribution in [1.82, 2.24) is 5.32 Å². The van der Waals surface area contributed by atoms with E-state index in [-0.39, 0.29) is 23.8 Å². The van der Waals surface area contributed by atoms with Crippen LogP contribution in [-0.2, 0) is 4.79 Å². The summed E-state index contributed by atoms with van der Waals surface area (Å²) in [5, 5.41) is 14.8. The predicted octanol–water partition coefficient (Wildman–Crippen LogP) is 1.46. The number of hydrogen-bond acceptors (Lipinski definition) is 3. The summed E-state index contributed by atoms with van der Waals surface area (Å²) >= 11 is 0. The van der Waals surface area contributed by atoms with Crippen LogP contribution in [0.3, 0.4) is 0 Å². The number of anilines is 1. The van der Waals surface area contributed by atoms with Gasteiger partial charge in [0.15, 0.2) is 0 Å². The summed E-state index contributed by atoms with van der Waals surface area (Å²) in [5.41, 5.74) is 1.95. The SMILES string of the molecule is CC(=O)Nc1cc(C(=O)NCC2(CO)CC2)ccc1C. The van der Waals surface area contributed by atoms with Crippen molar-refractivity contribution < 1.29 is 14.7 Å². The molecule has 0 aliphatic heterocycles. The molecule has 108 valence electrons. The Labute approximate surface area is 118 Å². The van der Waals surface area contributed by atoms with Gasteiger partial charge in [0.25, 0.3) is 5.91 Å². The normalized spacial score (nSPS) is 15.6. The standard InChI is InChI=1S/C15H20N2O3/c1-10-3-4-12(7-13(10)17-11(2)19)14(20)16-8-15(9-18)5-6-15/h3-4,7,18H,5-6,8-9H2,1-2H3,(H,16,20)(H,17,19). The van der Waals surface area contributed by atoms with Crippen LogP contribution in [0.1, 0.15) is 35.7 Å². The first kappa shape index (κ1) is 14.5. The van der Waals surface area contributed by atoms with Gasteiger partial charge in [-0.2, -0.15) is 0 Å². The summed E-state index contributed by atoms with van der Waals surface area (Å²) in [6.45, 7) is 3.91. The molecule has 0 saturated heterocycles. The minimum Gasteiger partial charge on any atom is -0.396 e. The Bertz CT molecular complexity index is 536. The summed E-state index contributed by atoms with van der Waals surface area (Å²) in [6, 6.07) is 5.21. The first-order valence-corrected chi connectivity index (χ1v) is 6.73. The van der Waals surface area contributed by atoms with E-state index >= 15 is 0 Å². The number of amides is 2. The van der Waals surface area contributed by atoms with Crippen molar-refractivity contribution in [3.8, 4) is 0 Å². The number of carbonyl (C=O) groups excluding carboxylic acids is 2. The average Bonchev–Trinajstić information content (AvgIpc) is 3.19. The second kappa shape index (κ2) is 5.63. The van der Waals surface area contributed by atoms with Gasteiger partial charge in [0.05, 0.1) is 6.61 Å². The third-order valence-electron chi connectivity index (χ3n) is 3.73. The third kappa shape index (κ3) is 3.36. The van der Waals surface area contributed by atoms with E-state index in [0.717, 1.165) is 18.4 Å². The zero-order valence-corrected chi connectivity index (χ0v) is 11.8. The van der Waals surface area contributed by atoms with Crippen molar-refractivity contribution in [2.45, 2.75) is 26.7 Å². The molecular formula is C15H20N2O3. The smallest absolute Gasteiger partial charge is 0.251 e. The molecule has 0 radical (unpaired) electrons. The highest BCUT2D eigenvalue weighted by Gasteiger charge is 2.42. The molecule has 1 saturated carbocycles. The van der Waals surface area contributed by atoms with Gasteiger partial charge in [0.1, 0.15) is 0 Å². The lowest BCUT2D eigenvalue weighted by Crippen LogP contribution is -2.31. The average molecular weight is 276 g/mol. The molecule has 1 aromatic rings. The predicted molar refractivity (Wildman–Crippen MR) is 76.6 cm³/mol. The van der Waals surface area contributed by atoms with Gasteiger partial charge in [-0.3, -0.25) is 9.59 Å². The van der Waals surface area contributed by atoms with E-state index in [9.17, 15) is 14.7 Å². The fraction of sp³-hybridized carbons (Fsp3) is 0.467. The Kier molecular flexibility index (Phi) is 4.09. The number of hydrogen-bond donors (Lipinski definition) is 3. The Morgan fingerprint density at radius 3 is 2.60 bits per heavy atom. The molecule has 0 bridgehead atoms. The second-order valence-corrected chi connectivity index (χ2v) is 5.55. The van der Waals surface area contributed by atoms with Gasteiger partial charge in [0, 0.05) is 30.1 Å². The highest BCUT2D eigenvalue weighted by atomic mass is 16.3. The Balaban J connectivity index is 2.04. The summed E-state index contributed by atoms with van der Waals surface area (Å²) in [4.78, 5) is 23.2. The zero-order chi connectivity index (χ0) is 14.8. The Hall–Kier alpha value is -1.88. The van der Waals surface area contributed by atoms with Gasteiger partial charge in [0.2, 0.25) is 5.91 Å². The lowest BCUT2D eigenvalue weighted by molar-refractivity contribution is -0.114. The van der Waals surface area contributed by atoms with Gasteiger partial charge < -0.3 is 15.7 Å². The first-order chi connectivity index (χ1) is 9.46. The monoisotopic (exact) mass is 276 g/mol. The van der Waals surface area contributed by atoms with E-state index in [1.54, 1.807) is 18.2 Å². The molecule has 1 fully saturated rings. The quantitative estimate of drug-likeness (QED) is 0.761. The molecule has 2 amide bonds. The van der Waals surface area contributed by atoms with Crippen molar-refractivity contribution in [3.63, 3.8) is 0 Å². The topological polar surface area (TPSA) is 78.4 Å². The largest absolute Gasteiger partial charge is 0.396 e. The maximum atomic E-state index is 12.1. The van der Waals surface area contributed by atoms with Crippen LogP contribution in [0.15, 0.2) is 18.2 Å². The van der Waals surface area contributed by atoms with Crippen molar-refractivity contribution >= 4 is 17.5 Å². The molecule has 0 aromatic heterocycles. The number of aliphatic hydroxyl groups excluding tert-OH is 1. The highest BCUT2D eigenvalue weighted by Crippen LogP contribution is 2.44. The molecule has 1 aromatic carbocycles. The maximum Gasteiger partial charge on any atom is 0.251 e. The number of carbonyl (C=O) groups is 2. The van der Waals surface area contributed by atoms with Crippen molar-refractivity contribution in [2.24, 2.45) is 5.41 Å². The van der Waals surface area contributed by atoms with Gasteiger partial charge >= 0.3 is 0 Å². The third-order valence-corrected chi connectivity index (χ3v) is 3.73. The Morgan fingerprint density at radius 1 is 1.35 bits per heavy atom. The van der Waals surface area contributed by atoms with Crippen LogP contribution in [0.4, 0.5) is 5.69 Å². The van der Waals surface area contributed by atoms with E-state index in [2.05, 4.69) is 10.6 Å². The van der Waals surface area contributed by atoms with Crippen LogP contribution >= 0.6 is 0 Å². The van der Waals surface area contributed by atoms with Crippen LogP contribution in [-0.4, -0.2) is 30.1 Å². The number of aryl methyl sites for hydroxylation is 1. The summed E-state index contributed by atoms with van der Waals surface area (Å²) in [6.07, 6.45) is 1.91. The summed E-state index contributed by atoms with van der Waals surface area (Å²) < 4.78 is 0. The van der Waals surface area contributed by atoms with Gasteiger partial charge in [-0.15, -0.1) is 0 Å². The number of aliphatic hydroxyl groups is 1. The first-order valence-electron chi connectivity index (χ1n) is 6.73. The van der Waals surface area contributed by atoms with Crippen LogP contribution in [0.2, 0.25) is 0 Å². The highest BCUT2D eigenvalue weighted by molar-refractivity contribution is 5.97. The maximum absolute atomic E-state index is 12.1. The molecule has 1 aliphatic rings. The fourth-order valence-electron chi connectivity index (χ4n) is 2.02. The molecule has 5 nitrogen and oxygen atoms in total. The summed E-state index contributed by atoms with van der Waals surface area (Å²) in [5.74, 6) is -0.348. The number of benzene rings is 1. The van der Waals surface area contributed by atoms with E-state index in [1.165, 1.54) is 6.92 Å². The molecule has 0 spiro atoms. The van der Waals surface area contributed by atoms with Crippen LogP contribution in [0.25, 0.3) is 0 Å². The lowest BCUT2D eigenvalue weighted by atomic mass is 10.1. The molecule has 3 N–H and O–H groups in total. The number of nitrogens with one attached hydrogen (secondary N) is 2. The van der Waals surface area contributed by atoms with Crippen LogP contribution in [0.5, 0.6) is 0 Å². The summed E-state index contributed by atoms with van der Waals surface area (Å²) in [7, 11) is 0. The molecule has 0 atom stereocenters. The van der Waals surface area contributed by atoms with Gasteiger partial charge in [-0.05, 0) is 37.5 Å². The van der Waals surface area contributed by atoms with Crippen molar-refractivity contribution in [1.29, 1.82) is 0 Å². The zero-order valence-electron chi connectivity index (χ0n) is 11.8. The molecule has 2 rings (SSSR count). The Morgan fingerprint density at radius 2 is 2.05 bits per heavy atom. The van der Waals surface area contributed by atoms with E-state index in [0.29, 0.717) is 17.8 Å². The minimum absolute atomic E-state index is 0.109. The molecule has 20 heavy (non-hydrogen) atoms. The molecule has 1 aliphatic carbocycles. The van der Waals surface area contributed by atoms with Crippen molar-refractivity contribution in [2.75, 3.05) is 18.5 Å². The van der Waals surface area contributed by atoms with E-state index < -0.39 is 0 Å². The van der Waals surface area contributed by atoms with E-state index in [4.69, 9.17) is 0 Å². The molecule has 0 unspecified atom stereocenters. The second-order valence-electron chi connectivity index (χ2n) is 5.55. The minimum atomic E-state index is -0.184. The van der Waals surface area contributed by atoms with Gasteiger partial charge in [-0.1, -0.05) is 6.07 Å². The van der Waals surface area contributed by atoms with Crippen molar-refractivity contribution in [3.05, 3.63) is 29.3 Å². The molecule has 0 heterocycles. The molecule has 5 heteroatoms. The molecular weight excluding hydrogens is 256 g/mol. The lowest BCUT2D eigenvalue weighted by Gasteiger charge is -2.14. The van der Waals surface area contributed by atoms with Crippen LogP contribution in [0, 0.1) is 12.3 Å². The fourth-order valence-corrected chi connectivity index (χ4v) is 2.02. The number of rotatable bonds is 5.